The molecule has 0 unspecified atom stereocenters. The summed E-state index contributed by atoms with van der Waals surface area (Å²) in [5.74, 6) is -0.163. The number of carbonyl (C=O) groups is 1. The molecule has 1 aliphatic heterocycles. The van der Waals surface area contributed by atoms with Crippen molar-refractivity contribution in [2.75, 3.05) is 4.72 Å². The first-order chi connectivity index (χ1) is 14.8. The van der Waals surface area contributed by atoms with E-state index in [1.165, 1.54) is 11.9 Å². The summed E-state index contributed by atoms with van der Waals surface area (Å²) in [6.45, 7) is 3.49. The van der Waals surface area contributed by atoms with E-state index >= 15 is 0 Å². The average molecular weight is 434 g/mol. The van der Waals surface area contributed by atoms with Crippen LogP contribution in [0, 0.1) is 6.92 Å². The van der Waals surface area contributed by atoms with Gasteiger partial charge in [-0.1, -0.05) is 66.2 Å². The van der Waals surface area contributed by atoms with Crippen molar-refractivity contribution in [2.45, 2.75) is 31.2 Å². The molecule has 0 aliphatic carbocycles. The zero-order chi connectivity index (χ0) is 22.0. The Labute approximate surface area is 182 Å². The summed E-state index contributed by atoms with van der Waals surface area (Å²) in [5.41, 5.74) is 3.84. The van der Waals surface area contributed by atoms with Gasteiger partial charge in [-0.15, -0.1) is 0 Å². The number of hydrazone groups is 1. The highest BCUT2D eigenvalue weighted by Crippen LogP contribution is 2.35. The van der Waals surface area contributed by atoms with E-state index in [0.29, 0.717) is 23.4 Å². The number of para-hydroxylation sites is 1. The van der Waals surface area contributed by atoms with E-state index in [9.17, 15) is 13.2 Å². The molecule has 0 saturated heterocycles. The third-order valence-corrected chi connectivity index (χ3v) is 6.58. The molecule has 158 valence electrons. The number of nitrogens with zero attached hydrogens (tertiary/aromatic N) is 2. The van der Waals surface area contributed by atoms with Crippen LogP contribution in [0.4, 0.5) is 5.69 Å². The highest BCUT2D eigenvalue weighted by Gasteiger charge is 2.32. The van der Waals surface area contributed by atoms with Crippen LogP contribution in [0.3, 0.4) is 0 Å². The number of hydrogen-bond acceptors (Lipinski definition) is 4. The summed E-state index contributed by atoms with van der Waals surface area (Å²) in [7, 11) is -3.75. The molecule has 0 aromatic heterocycles. The van der Waals surface area contributed by atoms with Gasteiger partial charge in [0, 0.05) is 18.9 Å². The summed E-state index contributed by atoms with van der Waals surface area (Å²) in [4.78, 5) is 12.5. The highest BCUT2D eigenvalue weighted by molar-refractivity contribution is 7.92. The van der Waals surface area contributed by atoms with Crippen LogP contribution in [0.1, 0.15) is 36.1 Å². The lowest BCUT2D eigenvalue weighted by molar-refractivity contribution is -0.130. The van der Waals surface area contributed by atoms with Crippen molar-refractivity contribution in [2.24, 2.45) is 5.10 Å². The normalized spacial score (nSPS) is 16.1. The van der Waals surface area contributed by atoms with E-state index in [4.69, 9.17) is 0 Å². The number of benzene rings is 3. The molecule has 0 fully saturated rings. The molecule has 6 nitrogen and oxygen atoms in total. The molecule has 3 aromatic rings. The third-order valence-electron chi connectivity index (χ3n) is 5.20. The van der Waals surface area contributed by atoms with Gasteiger partial charge in [0.2, 0.25) is 5.91 Å². The zero-order valence-corrected chi connectivity index (χ0v) is 18.1. The highest BCUT2D eigenvalue weighted by atomic mass is 32.2. The zero-order valence-electron chi connectivity index (χ0n) is 17.3. The minimum absolute atomic E-state index is 0.163. The summed E-state index contributed by atoms with van der Waals surface area (Å²) in [6.07, 6.45) is 0.493. The molecule has 1 amide bonds. The predicted octanol–water partition coefficient (Wildman–Crippen LogP) is 4.49. The Morgan fingerprint density at radius 2 is 1.71 bits per heavy atom. The van der Waals surface area contributed by atoms with Crippen LogP contribution in [0.15, 0.2) is 88.9 Å². The minimum Gasteiger partial charge on any atom is -0.279 e. The minimum atomic E-state index is -3.75. The number of amides is 1. The second-order valence-corrected chi connectivity index (χ2v) is 9.19. The van der Waals surface area contributed by atoms with Crippen LogP contribution in [0.5, 0.6) is 0 Å². The van der Waals surface area contributed by atoms with Crippen molar-refractivity contribution in [1.82, 2.24) is 5.01 Å². The summed E-state index contributed by atoms with van der Waals surface area (Å²) < 4.78 is 28.4. The van der Waals surface area contributed by atoms with Gasteiger partial charge < -0.3 is 0 Å². The van der Waals surface area contributed by atoms with Gasteiger partial charge in [-0.05, 0) is 30.7 Å². The van der Waals surface area contributed by atoms with Crippen LogP contribution in [-0.4, -0.2) is 25.0 Å². The number of sulfonamides is 1. The Morgan fingerprint density at radius 3 is 2.42 bits per heavy atom. The number of nitrogens with one attached hydrogen (secondary N) is 1. The second-order valence-electron chi connectivity index (χ2n) is 7.51. The Morgan fingerprint density at radius 1 is 1.00 bits per heavy atom. The van der Waals surface area contributed by atoms with Crippen LogP contribution < -0.4 is 4.72 Å². The van der Waals surface area contributed by atoms with Crippen molar-refractivity contribution in [3.8, 4) is 0 Å². The molecule has 1 aliphatic rings. The van der Waals surface area contributed by atoms with Gasteiger partial charge in [-0.3, -0.25) is 9.52 Å². The van der Waals surface area contributed by atoms with Crippen molar-refractivity contribution < 1.29 is 13.2 Å². The molecule has 3 aromatic carbocycles. The van der Waals surface area contributed by atoms with E-state index in [2.05, 4.69) is 9.82 Å². The lowest BCUT2D eigenvalue weighted by Gasteiger charge is -2.20. The fourth-order valence-electron chi connectivity index (χ4n) is 3.73. The van der Waals surface area contributed by atoms with Crippen LogP contribution in [-0.2, 0) is 14.8 Å². The topological polar surface area (TPSA) is 78.8 Å². The van der Waals surface area contributed by atoms with Crippen molar-refractivity contribution in [3.05, 3.63) is 95.6 Å². The fourth-order valence-corrected chi connectivity index (χ4v) is 4.83. The van der Waals surface area contributed by atoms with Crippen molar-refractivity contribution in [1.29, 1.82) is 0 Å². The van der Waals surface area contributed by atoms with Gasteiger partial charge in [0.25, 0.3) is 10.0 Å². The largest absolute Gasteiger partial charge is 0.279 e. The number of hydrogen-bond donors (Lipinski definition) is 1. The number of carbonyl (C=O) groups excluding carboxylic acids is 1. The van der Waals surface area contributed by atoms with Crippen molar-refractivity contribution in [3.63, 3.8) is 0 Å². The molecule has 0 spiro atoms. The molecule has 4 rings (SSSR count). The molecule has 31 heavy (non-hydrogen) atoms. The van der Waals surface area contributed by atoms with Gasteiger partial charge in [0.15, 0.2) is 0 Å². The van der Waals surface area contributed by atoms with E-state index < -0.39 is 10.0 Å². The van der Waals surface area contributed by atoms with Crippen LogP contribution in [0.2, 0.25) is 0 Å². The Hall–Kier alpha value is -3.45. The second kappa shape index (κ2) is 8.35. The first-order valence-electron chi connectivity index (χ1n) is 9.96. The van der Waals surface area contributed by atoms with Crippen LogP contribution in [0.25, 0.3) is 0 Å². The standard InChI is InChI=1S/C24H23N3O3S/c1-17-9-8-10-19(15-17)24-16-23(25-27(24)18(2)28)21-13-6-7-14-22(21)26-31(29,30)20-11-4-3-5-12-20/h3-15,24,26H,16H2,1-2H3/t24-/m0/s1. The SMILES string of the molecule is CC(=O)N1N=C(c2ccccc2NS(=O)(=O)c2ccccc2)C[C@H]1c1cccc(C)c1. The third kappa shape index (κ3) is 4.36. The quantitative estimate of drug-likeness (QED) is 0.644. The van der Waals surface area contributed by atoms with E-state index in [0.717, 1.165) is 11.1 Å². The molecule has 7 heteroatoms. The van der Waals surface area contributed by atoms with E-state index in [1.807, 2.05) is 43.3 Å². The van der Waals surface area contributed by atoms with Gasteiger partial charge in [-0.25, -0.2) is 13.4 Å². The van der Waals surface area contributed by atoms with Crippen LogP contribution >= 0.6 is 0 Å². The molecule has 0 bridgehead atoms. The monoisotopic (exact) mass is 433 g/mol. The fraction of sp³-hybridized carbons (Fsp3) is 0.167. The lowest BCUT2D eigenvalue weighted by Crippen LogP contribution is -2.24. The maximum absolute atomic E-state index is 12.8. The van der Waals surface area contributed by atoms with Gasteiger partial charge in [0.05, 0.1) is 22.3 Å². The molecule has 1 atom stereocenters. The maximum Gasteiger partial charge on any atom is 0.261 e. The molecule has 1 heterocycles. The summed E-state index contributed by atoms with van der Waals surface area (Å²) in [6, 6.07) is 23.1. The molecule has 0 saturated carbocycles. The molecular formula is C24H23N3O3S. The van der Waals surface area contributed by atoms with Gasteiger partial charge >= 0.3 is 0 Å². The number of rotatable bonds is 5. The number of aryl methyl sites for hydroxylation is 1. The first-order valence-corrected chi connectivity index (χ1v) is 11.4. The molecular weight excluding hydrogens is 410 g/mol. The average Bonchev–Trinajstić information content (AvgIpc) is 3.20. The smallest absolute Gasteiger partial charge is 0.261 e. The number of anilines is 1. The van der Waals surface area contributed by atoms with Crippen molar-refractivity contribution >= 4 is 27.3 Å². The summed E-state index contributed by atoms with van der Waals surface area (Å²) >= 11 is 0. The van der Waals surface area contributed by atoms with Gasteiger partial charge in [-0.2, -0.15) is 5.10 Å². The van der Waals surface area contributed by atoms with Gasteiger partial charge in [0.1, 0.15) is 0 Å². The Bertz CT molecular complexity index is 1250. The van der Waals surface area contributed by atoms with E-state index in [-0.39, 0.29) is 16.8 Å². The predicted molar refractivity (Wildman–Crippen MR) is 121 cm³/mol. The Kier molecular flexibility index (Phi) is 5.61. The lowest BCUT2D eigenvalue weighted by atomic mass is 9.96. The molecule has 0 radical (unpaired) electrons. The summed E-state index contributed by atoms with van der Waals surface area (Å²) in [5, 5.41) is 6.05. The first kappa shape index (κ1) is 20.8. The van der Waals surface area contributed by atoms with E-state index in [1.54, 1.807) is 42.5 Å². The molecule has 1 N–H and O–H groups in total. The maximum atomic E-state index is 12.8. The Balaban J connectivity index is 1.69.